The summed E-state index contributed by atoms with van der Waals surface area (Å²) in [7, 11) is 0. The number of nitrogens with zero attached hydrogens (tertiary/aromatic N) is 4. The van der Waals surface area contributed by atoms with E-state index in [1.807, 2.05) is 6.07 Å². The first-order valence-electron chi connectivity index (χ1n) is 9.22. The van der Waals surface area contributed by atoms with Crippen LogP contribution in [-0.4, -0.2) is 45.8 Å². The molecule has 0 amide bonds. The lowest BCUT2D eigenvalue weighted by molar-refractivity contribution is 0.173. The van der Waals surface area contributed by atoms with Gasteiger partial charge in [0.2, 0.25) is 6.79 Å². The predicted molar refractivity (Wildman–Crippen MR) is 93.4 cm³/mol. The summed E-state index contributed by atoms with van der Waals surface area (Å²) in [4.78, 5) is 9.87. The summed E-state index contributed by atoms with van der Waals surface area (Å²) in [5.74, 6) is 2.91. The third kappa shape index (κ3) is 3.12. The molecule has 3 aliphatic rings. The third-order valence-corrected chi connectivity index (χ3v) is 5.36. The summed E-state index contributed by atoms with van der Waals surface area (Å²) in [6.45, 7) is 7.69. The van der Waals surface area contributed by atoms with Crippen LogP contribution in [0.25, 0.3) is 0 Å². The Morgan fingerprint density at radius 3 is 2.72 bits per heavy atom. The van der Waals surface area contributed by atoms with Crippen LogP contribution in [0.4, 0.5) is 0 Å². The summed E-state index contributed by atoms with van der Waals surface area (Å²) >= 11 is 0. The van der Waals surface area contributed by atoms with Crippen molar-refractivity contribution < 1.29 is 9.47 Å². The minimum absolute atomic E-state index is 0.333. The van der Waals surface area contributed by atoms with Crippen molar-refractivity contribution in [2.24, 2.45) is 0 Å². The molecule has 1 aromatic carbocycles. The van der Waals surface area contributed by atoms with Gasteiger partial charge in [-0.3, -0.25) is 9.80 Å². The van der Waals surface area contributed by atoms with Crippen molar-refractivity contribution in [1.82, 2.24) is 19.4 Å². The van der Waals surface area contributed by atoms with Gasteiger partial charge in [-0.2, -0.15) is 0 Å². The Bertz CT molecular complexity index is 767. The molecule has 2 aromatic rings. The number of imidazole rings is 1. The summed E-state index contributed by atoms with van der Waals surface area (Å²) < 4.78 is 13.2. The van der Waals surface area contributed by atoms with Gasteiger partial charge in [0.15, 0.2) is 11.5 Å². The van der Waals surface area contributed by atoms with E-state index in [1.54, 1.807) is 0 Å². The molecule has 6 nitrogen and oxygen atoms in total. The maximum Gasteiger partial charge on any atom is 0.231 e. The van der Waals surface area contributed by atoms with Gasteiger partial charge in [0.1, 0.15) is 5.82 Å². The Balaban J connectivity index is 1.25. The quantitative estimate of drug-likeness (QED) is 0.854. The highest BCUT2D eigenvalue weighted by Crippen LogP contribution is 2.33. The number of hydrogen-bond acceptors (Lipinski definition) is 5. The molecule has 132 valence electrons. The third-order valence-electron chi connectivity index (χ3n) is 5.36. The minimum atomic E-state index is 0.333. The van der Waals surface area contributed by atoms with Crippen LogP contribution in [0.1, 0.15) is 29.9 Å². The molecule has 0 atom stereocenters. The van der Waals surface area contributed by atoms with Crippen molar-refractivity contribution in [2.75, 3.05) is 26.4 Å². The predicted octanol–water partition coefficient (Wildman–Crippen LogP) is 2.22. The highest BCUT2D eigenvalue weighted by Gasteiger charge is 2.21. The summed E-state index contributed by atoms with van der Waals surface area (Å²) in [6, 6.07) is 6.24. The second kappa shape index (κ2) is 6.35. The number of rotatable bonds is 4. The molecular weight excluding hydrogens is 316 g/mol. The number of aromatic nitrogens is 2. The number of ether oxygens (including phenoxy) is 2. The largest absolute Gasteiger partial charge is 0.454 e. The molecule has 0 saturated carbocycles. The van der Waals surface area contributed by atoms with Gasteiger partial charge in [-0.05, 0) is 43.6 Å². The SMILES string of the molecule is c1cc2c(cc1CN1CCn3cc(CN4CCCC4)nc3C1)OCO2. The lowest BCUT2D eigenvalue weighted by Gasteiger charge is -2.27. The fraction of sp³-hybridized carbons (Fsp3) is 0.526. The van der Waals surface area contributed by atoms with Gasteiger partial charge in [-0.25, -0.2) is 4.98 Å². The maximum absolute atomic E-state index is 5.49. The van der Waals surface area contributed by atoms with E-state index in [9.17, 15) is 0 Å². The van der Waals surface area contributed by atoms with Crippen molar-refractivity contribution >= 4 is 0 Å². The van der Waals surface area contributed by atoms with E-state index in [0.29, 0.717) is 6.79 Å². The second-order valence-electron chi connectivity index (χ2n) is 7.22. The Hall–Kier alpha value is -2.05. The van der Waals surface area contributed by atoms with Gasteiger partial charge in [0.05, 0.1) is 12.2 Å². The van der Waals surface area contributed by atoms with E-state index in [4.69, 9.17) is 14.5 Å². The van der Waals surface area contributed by atoms with Gasteiger partial charge in [-0.1, -0.05) is 6.07 Å². The zero-order valence-corrected chi connectivity index (χ0v) is 14.5. The van der Waals surface area contributed by atoms with E-state index in [-0.39, 0.29) is 0 Å². The van der Waals surface area contributed by atoms with Gasteiger partial charge in [0, 0.05) is 32.4 Å². The molecule has 6 heteroatoms. The Kier molecular flexibility index (Phi) is 3.87. The molecule has 3 aliphatic heterocycles. The molecule has 0 unspecified atom stereocenters. The van der Waals surface area contributed by atoms with Crippen LogP contribution < -0.4 is 9.47 Å². The van der Waals surface area contributed by atoms with Crippen LogP contribution in [-0.2, 0) is 26.2 Å². The van der Waals surface area contributed by atoms with E-state index in [1.165, 1.54) is 43.0 Å². The average Bonchev–Trinajstić information content (AvgIpc) is 3.34. The molecule has 0 bridgehead atoms. The van der Waals surface area contributed by atoms with Crippen LogP contribution >= 0.6 is 0 Å². The molecule has 25 heavy (non-hydrogen) atoms. The molecule has 1 aromatic heterocycles. The Labute approximate surface area is 148 Å². The minimum Gasteiger partial charge on any atom is -0.454 e. The molecule has 0 aliphatic carbocycles. The molecule has 1 saturated heterocycles. The molecule has 4 heterocycles. The van der Waals surface area contributed by atoms with Gasteiger partial charge >= 0.3 is 0 Å². The second-order valence-corrected chi connectivity index (χ2v) is 7.22. The summed E-state index contributed by atoms with van der Waals surface area (Å²) in [5, 5.41) is 0. The zero-order valence-electron chi connectivity index (χ0n) is 14.5. The molecule has 0 spiro atoms. The van der Waals surface area contributed by atoms with Crippen LogP contribution in [0.15, 0.2) is 24.4 Å². The van der Waals surface area contributed by atoms with Crippen molar-refractivity contribution in [2.45, 2.75) is 39.0 Å². The topological polar surface area (TPSA) is 42.8 Å². The van der Waals surface area contributed by atoms with Crippen LogP contribution in [0, 0.1) is 0 Å². The molecule has 1 fully saturated rings. The highest BCUT2D eigenvalue weighted by atomic mass is 16.7. The van der Waals surface area contributed by atoms with Crippen molar-refractivity contribution in [3.8, 4) is 11.5 Å². The average molecular weight is 340 g/mol. The highest BCUT2D eigenvalue weighted by molar-refractivity contribution is 5.44. The zero-order chi connectivity index (χ0) is 16.6. The van der Waals surface area contributed by atoms with Gasteiger partial charge in [-0.15, -0.1) is 0 Å². The van der Waals surface area contributed by atoms with E-state index in [2.05, 4.69) is 32.7 Å². The van der Waals surface area contributed by atoms with E-state index >= 15 is 0 Å². The number of hydrogen-bond donors (Lipinski definition) is 0. The first-order chi connectivity index (χ1) is 12.3. The fourth-order valence-electron chi connectivity index (χ4n) is 4.04. The Morgan fingerprint density at radius 2 is 1.80 bits per heavy atom. The van der Waals surface area contributed by atoms with E-state index in [0.717, 1.165) is 44.2 Å². The first-order valence-corrected chi connectivity index (χ1v) is 9.22. The van der Waals surface area contributed by atoms with Crippen molar-refractivity contribution in [3.05, 3.63) is 41.5 Å². The van der Waals surface area contributed by atoms with Crippen LogP contribution in [0.5, 0.6) is 11.5 Å². The van der Waals surface area contributed by atoms with Gasteiger partial charge < -0.3 is 14.0 Å². The van der Waals surface area contributed by atoms with E-state index < -0.39 is 0 Å². The number of fused-ring (bicyclic) bond motifs is 2. The fourth-order valence-corrected chi connectivity index (χ4v) is 4.04. The standard InChI is InChI=1S/C19H24N4O2/c1-2-6-21(5-1)11-16-12-23-8-7-22(13-19(23)20-16)10-15-3-4-17-18(9-15)25-14-24-17/h3-4,9,12H,1-2,5-8,10-11,13-14H2. The first kappa shape index (κ1) is 15.2. The normalized spacial score (nSPS) is 20.2. The number of likely N-dealkylation sites (tertiary alicyclic amines) is 1. The Morgan fingerprint density at radius 1 is 0.920 bits per heavy atom. The monoisotopic (exact) mass is 340 g/mol. The van der Waals surface area contributed by atoms with Crippen LogP contribution in [0.3, 0.4) is 0 Å². The summed E-state index contributed by atoms with van der Waals surface area (Å²) in [6.07, 6.45) is 4.92. The molecule has 5 rings (SSSR count). The maximum atomic E-state index is 5.49. The van der Waals surface area contributed by atoms with Gasteiger partial charge in [0.25, 0.3) is 0 Å². The van der Waals surface area contributed by atoms with Crippen molar-refractivity contribution in [3.63, 3.8) is 0 Å². The lowest BCUT2D eigenvalue weighted by Crippen LogP contribution is -2.33. The van der Waals surface area contributed by atoms with Crippen molar-refractivity contribution in [1.29, 1.82) is 0 Å². The summed E-state index contributed by atoms with van der Waals surface area (Å²) in [5.41, 5.74) is 2.49. The molecular formula is C19H24N4O2. The molecule has 0 radical (unpaired) electrons. The smallest absolute Gasteiger partial charge is 0.231 e. The number of benzene rings is 1. The molecule has 0 N–H and O–H groups in total. The van der Waals surface area contributed by atoms with Crippen LogP contribution in [0.2, 0.25) is 0 Å². The lowest BCUT2D eigenvalue weighted by atomic mass is 10.2.